The number of aryl methyl sites for hydroxylation is 1. The molecule has 0 atom stereocenters. The Bertz CT molecular complexity index is 530. The van der Waals surface area contributed by atoms with Crippen LogP contribution in [0, 0.1) is 35.3 Å². The Morgan fingerprint density at radius 2 is 2.12 bits per heavy atom. The largest absolute Gasteiger partial charge is 0.382 e. The van der Waals surface area contributed by atoms with Crippen LogP contribution in [0.15, 0.2) is 17.2 Å². The molecule has 0 saturated heterocycles. The van der Waals surface area contributed by atoms with Gasteiger partial charge in [0.25, 0.3) is 0 Å². The molecule has 0 aliphatic carbocycles. The number of rotatable bonds is 3. The van der Waals surface area contributed by atoms with Crippen molar-refractivity contribution in [1.29, 1.82) is 10.7 Å². The topological polar surface area (TPSA) is 98.0 Å². The van der Waals surface area contributed by atoms with Crippen LogP contribution in [-0.2, 0) is 0 Å². The van der Waals surface area contributed by atoms with Crippen LogP contribution in [0.4, 0.5) is 14.5 Å². The van der Waals surface area contributed by atoms with Crippen molar-refractivity contribution in [2.24, 2.45) is 10.8 Å². The Hall–Kier alpha value is -2.49. The summed E-state index contributed by atoms with van der Waals surface area (Å²) in [5.41, 5.74) is 6.68. The summed E-state index contributed by atoms with van der Waals surface area (Å²) in [6, 6.07) is 4.17. The normalized spacial score (nSPS) is 10.8. The summed E-state index contributed by atoms with van der Waals surface area (Å²) in [6.07, 6.45) is 0. The first-order valence-corrected chi connectivity index (χ1v) is 4.50. The minimum absolute atomic E-state index is 0.157. The van der Waals surface area contributed by atoms with Crippen LogP contribution in [0.2, 0.25) is 0 Å². The van der Waals surface area contributed by atoms with E-state index in [1.807, 2.05) is 0 Å². The van der Waals surface area contributed by atoms with Gasteiger partial charge in [-0.3, -0.25) is 10.8 Å². The maximum atomic E-state index is 13.3. The van der Waals surface area contributed by atoms with E-state index in [4.69, 9.17) is 16.4 Å². The van der Waals surface area contributed by atoms with Crippen LogP contribution in [0.3, 0.4) is 0 Å². The maximum absolute atomic E-state index is 13.3. The molecule has 1 rings (SSSR count). The van der Waals surface area contributed by atoms with Gasteiger partial charge in [0.2, 0.25) is 5.71 Å². The summed E-state index contributed by atoms with van der Waals surface area (Å²) in [5, 5.41) is 18.9. The second kappa shape index (κ2) is 5.03. The molecule has 0 unspecified atom stereocenters. The maximum Gasteiger partial charge on any atom is 0.201 e. The molecule has 1 aromatic rings. The molecule has 1 aromatic carbocycles. The van der Waals surface area contributed by atoms with Crippen molar-refractivity contribution in [3.63, 3.8) is 0 Å². The van der Waals surface area contributed by atoms with Gasteiger partial charge in [-0.25, -0.2) is 8.78 Å². The summed E-state index contributed by atoms with van der Waals surface area (Å²) in [6.45, 7) is 1.42. The summed E-state index contributed by atoms with van der Waals surface area (Å²) in [4.78, 5) is 0. The van der Waals surface area contributed by atoms with E-state index in [0.29, 0.717) is 0 Å². The minimum atomic E-state index is -1.10. The molecule has 0 radical (unpaired) electrons. The Balaban J connectivity index is 3.02. The monoisotopic (exact) mass is 237 g/mol. The van der Waals surface area contributed by atoms with E-state index in [1.54, 1.807) is 0 Å². The average Bonchev–Trinajstić information content (AvgIpc) is 2.29. The summed E-state index contributed by atoms with van der Waals surface area (Å²) in [5.74, 6) is -2.66. The zero-order valence-corrected chi connectivity index (χ0v) is 8.88. The Kier molecular flexibility index (Phi) is 3.72. The molecule has 5 nitrogen and oxygen atoms in total. The van der Waals surface area contributed by atoms with E-state index in [0.717, 1.165) is 0 Å². The summed E-state index contributed by atoms with van der Waals surface area (Å²) >= 11 is 0. The van der Waals surface area contributed by atoms with Crippen molar-refractivity contribution in [1.82, 2.24) is 0 Å². The highest BCUT2D eigenvalue weighted by atomic mass is 19.2. The number of hydrogen-bond acceptors (Lipinski definition) is 4. The first-order valence-electron chi connectivity index (χ1n) is 4.50. The highest BCUT2D eigenvalue weighted by molar-refractivity contribution is 6.45. The molecule has 0 heterocycles. The molecule has 0 aromatic heterocycles. The van der Waals surface area contributed by atoms with Crippen LogP contribution in [0.5, 0.6) is 0 Å². The van der Waals surface area contributed by atoms with Crippen molar-refractivity contribution in [2.75, 3.05) is 5.43 Å². The number of nitriles is 1. The van der Waals surface area contributed by atoms with Gasteiger partial charge >= 0.3 is 0 Å². The molecule has 0 saturated carbocycles. The fraction of sp³-hybridized carbons (Fsp3) is 0.100. The number of hydrazone groups is 1. The predicted octanol–water partition coefficient (Wildman–Crippen LogP) is 1.50. The third kappa shape index (κ3) is 2.75. The van der Waals surface area contributed by atoms with E-state index < -0.39 is 23.2 Å². The van der Waals surface area contributed by atoms with Crippen molar-refractivity contribution < 1.29 is 8.78 Å². The lowest BCUT2D eigenvalue weighted by molar-refractivity contribution is 0.505. The molecule has 0 fully saturated rings. The molecular weight excluding hydrogens is 228 g/mol. The zero-order chi connectivity index (χ0) is 13.0. The highest BCUT2D eigenvalue weighted by Crippen LogP contribution is 2.19. The molecule has 88 valence electrons. The van der Waals surface area contributed by atoms with Crippen LogP contribution < -0.4 is 11.2 Å². The molecule has 0 amide bonds. The molecule has 4 N–H and O–H groups in total. The third-order valence-electron chi connectivity index (χ3n) is 1.92. The number of amidine groups is 1. The second-order valence-electron chi connectivity index (χ2n) is 3.16. The van der Waals surface area contributed by atoms with Crippen LogP contribution in [0.1, 0.15) is 5.56 Å². The fourth-order valence-electron chi connectivity index (χ4n) is 0.994. The van der Waals surface area contributed by atoms with E-state index >= 15 is 0 Å². The number of halogens is 2. The van der Waals surface area contributed by atoms with Crippen molar-refractivity contribution >= 4 is 17.2 Å². The lowest BCUT2D eigenvalue weighted by atomic mass is 10.2. The molecule has 0 aliphatic heterocycles. The van der Waals surface area contributed by atoms with Crippen molar-refractivity contribution in [3.05, 3.63) is 29.3 Å². The van der Waals surface area contributed by atoms with E-state index in [1.165, 1.54) is 25.1 Å². The number of nitrogens with zero attached hydrogens (tertiary/aromatic N) is 2. The molecule has 0 aliphatic rings. The Labute approximate surface area is 96.1 Å². The van der Waals surface area contributed by atoms with Gasteiger partial charge in [-0.1, -0.05) is 6.07 Å². The molecule has 0 spiro atoms. The van der Waals surface area contributed by atoms with E-state index in [2.05, 4.69) is 10.5 Å². The van der Waals surface area contributed by atoms with Crippen molar-refractivity contribution in [2.45, 2.75) is 6.92 Å². The zero-order valence-electron chi connectivity index (χ0n) is 8.88. The molecule has 7 heteroatoms. The predicted molar refractivity (Wildman–Crippen MR) is 59.7 cm³/mol. The first-order chi connectivity index (χ1) is 7.97. The van der Waals surface area contributed by atoms with Crippen LogP contribution in [-0.4, -0.2) is 11.5 Å². The Morgan fingerprint density at radius 3 is 2.65 bits per heavy atom. The third-order valence-corrected chi connectivity index (χ3v) is 1.92. The second-order valence-corrected chi connectivity index (χ2v) is 3.16. The van der Waals surface area contributed by atoms with Crippen molar-refractivity contribution in [3.8, 4) is 6.07 Å². The number of benzene rings is 1. The Morgan fingerprint density at radius 1 is 1.47 bits per heavy atom. The number of nitrogens with two attached hydrogens (primary N) is 1. The van der Waals surface area contributed by atoms with E-state index in [9.17, 15) is 8.78 Å². The quantitative estimate of drug-likeness (QED) is 0.422. The lowest BCUT2D eigenvalue weighted by Gasteiger charge is -2.05. The average molecular weight is 237 g/mol. The van der Waals surface area contributed by atoms with Gasteiger partial charge in [0.1, 0.15) is 6.07 Å². The van der Waals surface area contributed by atoms with Gasteiger partial charge in [0.05, 0.1) is 5.69 Å². The van der Waals surface area contributed by atoms with Gasteiger partial charge in [-0.05, 0) is 18.6 Å². The number of nitrogens with one attached hydrogen (secondary N) is 2. The standard InChI is InChI=1S/C10H9F2N5/c1-5-2-3-6(9(12)8(5)11)16-17-7(4-13)10(14)15/h2-3,16H,1H3,(H3,14,15)/b17-7+. The van der Waals surface area contributed by atoms with Gasteiger partial charge in [-0.15, -0.1) is 0 Å². The highest BCUT2D eigenvalue weighted by Gasteiger charge is 2.10. The van der Waals surface area contributed by atoms with Gasteiger partial charge in [-0.2, -0.15) is 10.4 Å². The van der Waals surface area contributed by atoms with Crippen LogP contribution >= 0.6 is 0 Å². The fourth-order valence-corrected chi connectivity index (χ4v) is 0.994. The SMILES string of the molecule is Cc1ccc(N/N=C(\C#N)C(=N)N)c(F)c1F. The number of hydrogen-bond donors (Lipinski definition) is 3. The van der Waals surface area contributed by atoms with E-state index in [-0.39, 0.29) is 11.3 Å². The lowest BCUT2D eigenvalue weighted by Crippen LogP contribution is -2.22. The first kappa shape index (κ1) is 12.6. The van der Waals surface area contributed by atoms with Gasteiger partial charge in [0.15, 0.2) is 17.5 Å². The van der Waals surface area contributed by atoms with Gasteiger partial charge in [0, 0.05) is 0 Å². The smallest absolute Gasteiger partial charge is 0.201 e. The molecule has 17 heavy (non-hydrogen) atoms. The summed E-state index contributed by atoms with van der Waals surface area (Å²) in [7, 11) is 0. The minimum Gasteiger partial charge on any atom is -0.382 e. The number of anilines is 1. The molecule has 0 bridgehead atoms. The summed E-state index contributed by atoms with van der Waals surface area (Å²) < 4.78 is 26.5. The van der Waals surface area contributed by atoms with Gasteiger partial charge < -0.3 is 5.73 Å². The molecular formula is C10H9F2N5. The van der Waals surface area contributed by atoms with Crippen LogP contribution in [0.25, 0.3) is 0 Å².